The van der Waals surface area contributed by atoms with Gasteiger partial charge < -0.3 is 67.9 Å². The van der Waals surface area contributed by atoms with Gasteiger partial charge in [-0.2, -0.15) is 16.8 Å². The molecule has 7 amide bonds. The average Bonchev–Trinajstić information content (AvgIpc) is 1.54. The number of rotatable bonds is 21. The number of carbonyl (C=O) groups excluding carboxylic acids is 7. The summed E-state index contributed by atoms with van der Waals surface area (Å²) in [5.41, 5.74) is 14.6. The minimum atomic E-state index is -4.02. The Morgan fingerprint density at radius 2 is 1.10 bits per heavy atom. The smallest absolute Gasteiger partial charge is 0.294 e. The van der Waals surface area contributed by atoms with E-state index in [2.05, 4.69) is 33.5 Å². The number of hydrogen-bond acceptors (Lipinski definition) is 17. The van der Waals surface area contributed by atoms with Crippen molar-refractivity contribution in [2.75, 3.05) is 39.3 Å². The summed E-state index contributed by atoms with van der Waals surface area (Å²) < 4.78 is 65.1. The molecule has 0 spiro atoms. The number of nitrogens with zero attached hydrogens (tertiary/aromatic N) is 2. The van der Waals surface area contributed by atoms with E-state index < -0.39 is 110 Å². The zero-order valence-corrected chi connectivity index (χ0v) is 56.2. The fourth-order valence-electron chi connectivity index (χ4n) is 11.3. The molecule has 3 saturated heterocycles. The van der Waals surface area contributed by atoms with Crippen LogP contribution in [-0.4, -0.2) is 180 Å². The average molecular weight is 1370 g/mol. The molecule has 3 aliphatic rings. The highest BCUT2D eigenvalue weighted by Gasteiger charge is 2.45. The van der Waals surface area contributed by atoms with Gasteiger partial charge in [0.2, 0.25) is 35.4 Å². The minimum Gasteiger partial charge on any atom is -0.508 e. The van der Waals surface area contributed by atoms with Crippen molar-refractivity contribution in [1.82, 2.24) is 36.4 Å². The number of fused-ring (bicyclic) bond motifs is 3. The van der Waals surface area contributed by atoms with Gasteiger partial charge in [0.1, 0.15) is 47.8 Å². The highest BCUT2D eigenvalue weighted by Crippen LogP contribution is 2.26. The number of ether oxygens (including phenoxy) is 1. The molecule has 5 aromatic carbocycles. The van der Waals surface area contributed by atoms with E-state index in [0.717, 1.165) is 53.1 Å². The molecule has 3 fully saturated rings. The second kappa shape index (κ2) is 37.4. The summed E-state index contributed by atoms with van der Waals surface area (Å²) in [7, 11) is -8.04. The third-order valence-electron chi connectivity index (χ3n) is 16.7. The molecule has 26 nitrogen and oxygen atoms in total. The lowest BCUT2D eigenvalue weighted by molar-refractivity contribution is -0.143. The van der Waals surface area contributed by atoms with Gasteiger partial charge in [-0.05, 0) is 175 Å². The summed E-state index contributed by atoms with van der Waals surface area (Å²) in [6, 6.07) is 21.7. The summed E-state index contributed by atoms with van der Waals surface area (Å²) in [4.78, 5) is 103. The summed E-state index contributed by atoms with van der Waals surface area (Å²) >= 11 is 0. The van der Waals surface area contributed by atoms with Crippen LogP contribution in [0.3, 0.4) is 0 Å². The predicted octanol–water partition coefficient (Wildman–Crippen LogP) is 4.27. The number of aryl methyl sites for hydroxylation is 3. The third kappa shape index (κ3) is 23.9. The van der Waals surface area contributed by atoms with Gasteiger partial charge in [0.25, 0.3) is 26.1 Å². The lowest BCUT2D eigenvalue weighted by atomic mass is 10.0. The van der Waals surface area contributed by atoms with Crippen molar-refractivity contribution in [2.24, 2.45) is 11.5 Å². The van der Waals surface area contributed by atoms with Crippen LogP contribution in [0.2, 0.25) is 0 Å². The van der Waals surface area contributed by atoms with Gasteiger partial charge >= 0.3 is 0 Å². The minimum absolute atomic E-state index is 0.00171. The molecular weight excluding hydrogens is 1280 g/mol. The molecule has 28 heteroatoms. The Labute approximate surface area is 561 Å². The second-order valence-electron chi connectivity index (χ2n) is 24.4. The maximum Gasteiger partial charge on any atom is 0.294 e. The number of phenols is 1. The Hall–Kier alpha value is -8.09. The van der Waals surface area contributed by atoms with Crippen molar-refractivity contribution in [1.29, 1.82) is 0 Å². The molecule has 14 N–H and O–H groups in total. The molecular formula is C68H93N9O17S2. The van der Waals surface area contributed by atoms with E-state index in [1.165, 1.54) is 46.2 Å². The van der Waals surface area contributed by atoms with E-state index in [9.17, 15) is 65.7 Å². The molecule has 8 rings (SSSR count). The van der Waals surface area contributed by atoms with Crippen LogP contribution in [0.1, 0.15) is 130 Å². The van der Waals surface area contributed by atoms with E-state index in [4.69, 9.17) is 25.3 Å². The Kier molecular flexibility index (Phi) is 30.0. The van der Waals surface area contributed by atoms with Gasteiger partial charge in [0, 0.05) is 38.0 Å². The number of hydrogen-bond donors (Lipinski definition) is 12. The van der Waals surface area contributed by atoms with E-state index >= 15 is 0 Å². The van der Waals surface area contributed by atoms with Crippen LogP contribution in [0.25, 0.3) is 10.8 Å². The Morgan fingerprint density at radius 3 is 1.64 bits per heavy atom. The fourth-order valence-corrected chi connectivity index (χ4v) is 12.3. The van der Waals surface area contributed by atoms with Gasteiger partial charge in [-0.3, -0.25) is 42.7 Å². The van der Waals surface area contributed by atoms with Crippen molar-refractivity contribution in [3.8, 4) is 11.5 Å². The SMILES string of the molecule is CCCCCCOc1ccc2cc(C(=O)N[C@H]3CCCNC(=O)[C@@H]4C[C@@H](O)CN4C(=O)[C@H](CCCCN)NC(=O)[C@H](CCc4ccc(O)cc4)NC(=O)[C@@H]4C[C@@H](O)CN4C(=O)[C@H](CCCCN)NC3=O)ccc2c1.Cc1ccc(S(=O)(=O)O)cc1.Cc1ccc(S(=O)(=O)O)cc1. The first-order valence-corrected chi connectivity index (χ1v) is 35.5. The van der Waals surface area contributed by atoms with Crippen LogP contribution < -0.4 is 42.8 Å². The van der Waals surface area contributed by atoms with Gasteiger partial charge in [0.05, 0.1) is 28.6 Å². The number of nitrogens with one attached hydrogen (secondary N) is 5. The number of amides is 7. The van der Waals surface area contributed by atoms with E-state index in [1.807, 2.05) is 32.0 Å². The number of carbonyl (C=O) groups is 7. The van der Waals surface area contributed by atoms with E-state index in [-0.39, 0.29) is 92.1 Å². The maximum atomic E-state index is 14.7. The van der Waals surface area contributed by atoms with Crippen molar-refractivity contribution < 1.29 is 79.6 Å². The van der Waals surface area contributed by atoms with Crippen molar-refractivity contribution in [3.63, 3.8) is 0 Å². The fraction of sp³-hybridized carbons (Fsp3) is 0.485. The number of nitrogens with two attached hydrogens (primary N) is 2. The molecule has 0 aliphatic carbocycles. The summed E-state index contributed by atoms with van der Waals surface area (Å²) in [6.45, 7) is 6.62. The summed E-state index contributed by atoms with van der Waals surface area (Å²) in [5.74, 6) is -3.83. The van der Waals surface area contributed by atoms with Crippen LogP contribution in [0.5, 0.6) is 11.5 Å². The molecule has 524 valence electrons. The Balaban J connectivity index is 0.000000555. The zero-order chi connectivity index (χ0) is 70.1. The first-order valence-electron chi connectivity index (χ1n) is 32.6. The van der Waals surface area contributed by atoms with Gasteiger partial charge in [0.15, 0.2) is 0 Å². The quantitative estimate of drug-likeness (QED) is 0.0360. The number of benzene rings is 5. The lowest BCUT2D eigenvalue weighted by Gasteiger charge is -2.31. The standard InChI is InChI=1S/C54H77N9O11.2C7H8O3S/c1-2-3-4-9-27-74-41-22-19-35-28-37(18-17-36(35)29-41)48(67)58-42-13-10-26-57-51(70)46-30-39(65)32-62(46)53(72)44(11-5-7-24-55)61-50(69)43(23-16-34-14-20-38(64)21-15-34)59-52(71)47-31-40(66)33-63(47)54(73)45(60-49(42)68)12-6-8-25-56;2*1-6-2-4-7(5-3-6)11(8,9)10/h14-15,17-22,28-29,39-40,42-47,64-66H,2-13,16,23-27,30-33,55-56H2,1H3,(H,57,70)(H,58,67)(H,59,71)(H,60,68)(H,61,69);2*2-5H,1H3,(H,8,9,10)/t39-,40-,42+,43+,44+,45+,46+,47+;;/m1../s1. The Morgan fingerprint density at radius 1 is 0.594 bits per heavy atom. The largest absolute Gasteiger partial charge is 0.508 e. The highest BCUT2D eigenvalue weighted by atomic mass is 32.2. The molecule has 8 atom stereocenters. The molecule has 96 heavy (non-hydrogen) atoms. The van der Waals surface area contributed by atoms with Crippen molar-refractivity contribution >= 4 is 72.4 Å². The molecule has 0 aromatic heterocycles. The molecule has 0 radical (unpaired) electrons. The number of aliphatic hydroxyl groups excluding tert-OH is 2. The molecule has 5 aromatic rings. The Bertz CT molecular complexity index is 3570. The normalized spacial score (nSPS) is 21.6. The van der Waals surface area contributed by atoms with Crippen LogP contribution >= 0.6 is 0 Å². The number of aromatic hydroxyl groups is 1. The van der Waals surface area contributed by atoms with Gasteiger partial charge in [-0.15, -0.1) is 0 Å². The summed E-state index contributed by atoms with van der Waals surface area (Å²) in [6.07, 6.45) is 4.38. The predicted molar refractivity (Wildman–Crippen MR) is 359 cm³/mol. The molecule has 3 heterocycles. The monoisotopic (exact) mass is 1370 g/mol. The first-order chi connectivity index (χ1) is 45.7. The van der Waals surface area contributed by atoms with E-state index in [1.54, 1.807) is 54.6 Å². The number of unbranched alkanes of at least 4 members (excludes halogenated alkanes) is 5. The van der Waals surface area contributed by atoms with Crippen LogP contribution in [0.15, 0.2) is 119 Å². The van der Waals surface area contributed by atoms with E-state index in [0.29, 0.717) is 51.1 Å². The van der Waals surface area contributed by atoms with Crippen LogP contribution in [0.4, 0.5) is 0 Å². The first kappa shape index (κ1) is 76.9. The number of aliphatic hydroxyl groups is 2. The maximum absolute atomic E-state index is 14.7. The van der Waals surface area contributed by atoms with Gasteiger partial charge in [-0.1, -0.05) is 85.8 Å². The molecule has 0 bridgehead atoms. The van der Waals surface area contributed by atoms with Crippen LogP contribution in [-0.2, 0) is 55.4 Å². The van der Waals surface area contributed by atoms with Crippen molar-refractivity contribution in [3.05, 3.63) is 131 Å². The zero-order valence-electron chi connectivity index (χ0n) is 54.6. The summed E-state index contributed by atoms with van der Waals surface area (Å²) in [5, 5.41) is 47.5. The third-order valence-corrected chi connectivity index (χ3v) is 18.4. The van der Waals surface area contributed by atoms with Gasteiger partial charge in [-0.25, -0.2) is 0 Å². The van der Waals surface area contributed by atoms with Crippen molar-refractivity contribution in [2.45, 2.75) is 182 Å². The lowest BCUT2D eigenvalue weighted by Crippen LogP contribution is -2.59. The highest BCUT2D eigenvalue weighted by molar-refractivity contribution is 7.86. The second-order valence-corrected chi connectivity index (χ2v) is 27.3. The van der Waals surface area contributed by atoms with Crippen LogP contribution in [0, 0.1) is 13.8 Å². The number of phenolic OH excluding ortho intramolecular Hbond substituents is 1. The molecule has 0 unspecified atom stereocenters. The topological polar surface area (TPSA) is 417 Å². The molecule has 3 aliphatic heterocycles. The molecule has 0 saturated carbocycles.